The monoisotopic (exact) mass is 254 g/mol. The third kappa shape index (κ3) is 2.63. The zero-order valence-corrected chi connectivity index (χ0v) is 10.8. The smallest absolute Gasteiger partial charge is 0.275 e. The molecule has 94 valence electrons. The number of amides is 1. The lowest BCUT2D eigenvalue weighted by molar-refractivity contribution is 0.0615. The summed E-state index contributed by atoms with van der Waals surface area (Å²) in [6.45, 7) is 0.650. The normalized spacial score (nSPS) is 24.6. The van der Waals surface area contributed by atoms with Crippen LogP contribution in [0.5, 0.6) is 0 Å². The number of carbonyl (C=O) groups excluding carboxylic acids is 1. The number of hydrogen-bond donors (Lipinski definition) is 1. The van der Waals surface area contributed by atoms with Crippen LogP contribution in [0.2, 0.25) is 0 Å². The van der Waals surface area contributed by atoms with Crippen molar-refractivity contribution in [1.29, 1.82) is 0 Å². The molecule has 0 bridgehead atoms. The molecule has 1 amide bonds. The lowest BCUT2D eigenvalue weighted by Crippen LogP contribution is -2.46. The molecule has 0 aliphatic heterocycles. The van der Waals surface area contributed by atoms with Crippen LogP contribution in [-0.2, 0) is 0 Å². The van der Waals surface area contributed by atoms with Gasteiger partial charge in [0.2, 0.25) is 0 Å². The molecule has 2 atom stereocenters. The van der Waals surface area contributed by atoms with E-state index in [0.29, 0.717) is 18.2 Å². The van der Waals surface area contributed by atoms with E-state index in [-0.39, 0.29) is 11.9 Å². The summed E-state index contributed by atoms with van der Waals surface area (Å²) in [6.07, 6.45) is 6.09. The maximum absolute atomic E-state index is 12.2. The van der Waals surface area contributed by atoms with Crippen molar-refractivity contribution in [3.8, 4) is 0 Å². The Morgan fingerprint density at radius 1 is 1.59 bits per heavy atom. The second kappa shape index (κ2) is 5.55. The Labute approximate surface area is 105 Å². The van der Waals surface area contributed by atoms with E-state index in [0.717, 1.165) is 24.6 Å². The quantitative estimate of drug-likeness (QED) is 0.877. The second-order valence-corrected chi connectivity index (χ2v) is 5.11. The SMILES string of the molecule is CN(C(=O)c1cnsn1)C1CCCCC1CN. The molecule has 1 fully saturated rings. The Morgan fingerprint density at radius 3 is 3.00 bits per heavy atom. The standard InChI is InChI=1S/C11H18N4OS/c1-15(11(16)9-7-13-17-14-9)10-5-3-2-4-8(10)6-12/h7-8,10H,2-6,12H2,1H3. The zero-order valence-electron chi connectivity index (χ0n) is 10.0. The molecule has 0 saturated heterocycles. The molecule has 0 radical (unpaired) electrons. The van der Waals surface area contributed by atoms with E-state index < -0.39 is 0 Å². The number of hydrogen-bond acceptors (Lipinski definition) is 5. The molecule has 0 aromatic carbocycles. The molecule has 6 heteroatoms. The molecule has 17 heavy (non-hydrogen) atoms. The summed E-state index contributed by atoms with van der Waals surface area (Å²) in [4.78, 5) is 14.0. The first-order valence-electron chi connectivity index (χ1n) is 5.99. The molecule has 1 heterocycles. The molecule has 1 aliphatic rings. The van der Waals surface area contributed by atoms with Crippen molar-refractivity contribution in [3.05, 3.63) is 11.9 Å². The number of nitrogens with two attached hydrogens (primary N) is 1. The van der Waals surface area contributed by atoms with Crippen LogP contribution in [0.1, 0.15) is 36.2 Å². The van der Waals surface area contributed by atoms with Crippen molar-refractivity contribution < 1.29 is 4.79 Å². The van der Waals surface area contributed by atoms with Gasteiger partial charge < -0.3 is 10.6 Å². The molecule has 5 nitrogen and oxygen atoms in total. The minimum Gasteiger partial charge on any atom is -0.337 e. The molecular weight excluding hydrogens is 236 g/mol. The lowest BCUT2D eigenvalue weighted by atomic mass is 9.83. The summed E-state index contributed by atoms with van der Waals surface area (Å²) in [5.74, 6) is 0.383. The fourth-order valence-electron chi connectivity index (χ4n) is 2.56. The highest BCUT2D eigenvalue weighted by atomic mass is 32.1. The number of aromatic nitrogens is 2. The largest absolute Gasteiger partial charge is 0.337 e. The summed E-state index contributed by atoms with van der Waals surface area (Å²) in [5, 5.41) is 0. The van der Waals surface area contributed by atoms with Crippen LogP contribution in [-0.4, -0.2) is 39.2 Å². The molecule has 2 N–H and O–H groups in total. The van der Waals surface area contributed by atoms with Gasteiger partial charge in [-0.1, -0.05) is 12.8 Å². The highest BCUT2D eigenvalue weighted by molar-refractivity contribution is 6.99. The van der Waals surface area contributed by atoms with E-state index in [4.69, 9.17) is 5.73 Å². The van der Waals surface area contributed by atoms with Crippen molar-refractivity contribution >= 4 is 17.6 Å². The van der Waals surface area contributed by atoms with Gasteiger partial charge in [0.05, 0.1) is 17.9 Å². The molecular formula is C11H18N4OS. The Morgan fingerprint density at radius 2 is 2.35 bits per heavy atom. The van der Waals surface area contributed by atoms with Crippen molar-refractivity contribution in [2.75, 3.05) is 13.6 Å². The van der Waals surface area contributed by atoms with Crippen LogP contribution in [0.25, 0.3) is 0 Å². The number of nitrogens with zero attached hydrogens (tertiary/aromatic N) is 3. The first-order chi connectivity index (χ1) is 8.24. The molecule has 2 rings (SSSR count). The Bertz CT molecular complexity index is 368. The van der Waals surface area contributed by atoms with Crippen molar-refractivity contribution in [2.24, 2.45) is 11.7 Å². The van der Waals surface area contributed by atoms with E-state index in [9.17, 15) is 4.79 Å². The van der Waals surface area contributed by atoms with Crippen LogP contribution in [0.15, 0.2) is 6.20 Å². The maximum Gasteiger partial charge on any atom is 0.275 e. The van der Waals surface area contributed by atoms with E-state index in [2.05, 4.69) is 8.75 Å². The van der Waals surface area contributed by atoms with Gasteiger partial charge in [0, 0.05) is 13.1 Å². The fraction of sp³-hybridized carbons (Fsp3) is 0.727. The number of rotatable bonds is 3. The van der Waals surface area contributed by atoms with E-state index in [1.54, 1.807) is 4.90 Å². The zero-order chi connectivity index (χ0) is 12.3. The summed E-state index contributed by atoms with van der Waals surface area (Å²) in [5.41, 5.74) is 6.23. The molecule has 1 aliphatic carbocycles. The molecule has 0 spiro atoms. The Hall–Kier alpha value is -1.01. The molecule has 2 unspecified atom stereocenters. The van der Waals surface area contributed by atoms with Gasteiger partial charge in [-0.2, -0.15) is 8.75 Å². The minimum atomic E-state index is -0.0379. The van der Waals surface area contributed by atoms with Crippen molar-refractivity contribution in [1.82, 2.24) is 13.6 Å². The van der Waals surface area contributed by atoms with Crippen LogP contribution >= 0.6 is 11.7 Å². The fourth-order valence-corrected chi connectivity index (χ4v) is 2.97. The first kappa shape index (κ1) is 12.4. The average molecular weight is 254 g/mol. The third-order valence-corrected chi connectivity index (χ3v) is 4.05. The van der Waals surface area contributed by atoms with Crippen molar-refractivity contribution in [2.45, 2.75) is 31.7 Å². The lowest BCUT2D eigenvalue weighted by Gasteiger charge is -2.37. The predicted octanol–water partition coefficient (Wildman–Crippen LogP) is 1.13. The predicted molar refractivity (Wildman–Crippen MR) is 66.8 cm³/mol. The topological polar surface area (TPSA) is 72.1 Å². The van der Waals surface area contributed by atoms with Crippen LogP contribution < -0.4 is 5.73 Å². The summed E-state index contributed by atoms with van der Waals surface area (Å²) in [6, 6.07) is 0.253. The van der Waals surface area contributed by atoms with Gasteiger partial charge in [0.1, 0.15) is 0 Å². The van der Waals surface area contributed by atoms with Crippen LogP contribution in [0.3, 0.4) is 0 Å². The highest BCUT2D eigenvalue weighted by Crippen LogP contribution is 2.27. The minimum absolute atomic E-state index is 0.0379. The Balaban J connectivity index is 2.07. The third-order valence-electron chi connectivity index (χ3n) is 3.57. The van der Waals surface area contributed by atoms with Crippen LogP contribution in [0, 0.1) is 5.92 Å². The number of carbonyl (C=O) groups is 1. The Kier molecular flexibility index (Phi) is 4.06. The van der Waals surface area contributed by atoms with Gasteiger partial charge in [-0.25, -0.2) is 0 Å². The van der Waals surface area contributed by atoms with Gasteiger partial charge in [-0.15, -0.1) is 0 Å². The molecule has 1 aromatic rings. The van der Waals surface area contributed by atoms with Crippen molar-refractivity contribution in [3.63, 3.8) is 0 Å². The molecule has 1 saturated carbocycles. The van der Waals surface area contributed by atoms with Gasteiger partial charge in [-0.3, -0.25) is 4.79 Å². The maximum atomic E-state index is 12.2. The second-order valence-electron chi connectivity index (χ2n) is 4.56. The van der Waals surface area contributed by atoms with E-state index >= 15 is 0 Å². The van der Waals surface area contributed by atoms with E-state index in [1.165, 1.54) is 19.0 Å². The van der Waals surface area contributed by atoms with E-state index in [1.807, 2.05) is 7.05 Å². The first-order valence-corrected chi connectivity index (χ1v) is 6.72. The summed E-state index contributed by atoms with van der Waals surface area (Å²) >= 11 is 1.07. The summed E-state index contributed by atoms with van der Waals surface area (Å²) < 4.78 is 7.86. The highest BCUT2D eigenvalue weighted by Gasteiger charge is 2.30. The summed E-state index contributed by atoms with van der Waals surface area (Å²) in [7, 11) is 1.85. The molecule has 1 aromatic heterocycles. The van der Waals surface area contributed by atoms with Gasteiger partial charge in [-0.05, 0) is 25.3 Å². The van der Waals surface area contributed by atoms with Gasteiger partial charge >= 0.3 is 0 Å². The van der Waals surface area contributed by atoms with Gasteiger partial charge in [0.25, 0.3) is 5.91 Å². The average Bonchev–Trinajstić information content (AvgIpc) is 2.90. The van der Waals surface area contributed by atoms with Gasteiger partial charge in [0.15, 0.2) is 5.69 Å². The van der Waals surface area contributed by atoms with Crippen LogP contribution in [0.4, 0.5) is 0 Å².